The van der Waals surface area contributed by atoms with Crippen molar-refractivity contribution in [3.63, 3.8) is 0 Å². The number of benzene rings is 2. The number of hydrogen-bond donors (Lipinski definition) is 1. The van der Waals surface area contributed by atoms with Crippen LogP contribution in [0.4, 0.5) is 0 Å². The van der Waals surface area contributed by atoms with Gasteiger partial charge in [-0.2, -0.15) is 0 Å². The van der Waals surface area contributed by atoms with Crippen LogP contribution in [0.2, 0.25) is 0 Å². The van der Waals surface area contributed by atoms with Crippen molar-refractivity contribution in [3.05, 3.63) is 54.1 Å². The predicted octanol–water partition coefficient (Wildman–Crippen LogP) is 2.93. The highest BCUT2D eigenvalue weighted by atomic mass is 32.2. The molecular formula is C13H13OS+. The first kappa shape index (κ1) is 10.1. The van der Waals surface area contributed by atoms with Crippen molar-refractivity contribution in [2.45, 2.75) is 16.7 Å². The Morgan fingerprint density at radius 1 is 0.800 bits per heavy atom. The summed E-state index contributed by atoms with van der Waals surface area (Å²) in [6.45, 7) is 2.08. The van der Waals surface area contributed by atoms with E-state index in [1.54, 1.807) is 12.1 Å². The molecule has 0 aliphatic rings. The zero-order valence-corrected chi connectivity index (χ0v) is 9.41. The minimum atomic E-state index is 0.317. The van der Waals surface area contributed by atoms with E-state index in [9.17, 15) is 0 Å². The van der Waals surface area contributed by atoms with Crippen LogP contribution < -0.4 is 0 Å². The monoisotopic (exact) mass is 217 g/mol. The Morgan fingerprint density at radius 2 is 1.27 bits per heavy atom. The van der Waals surface area contributed by atoms with Crippen molar-refractivity contribution in [3.8, 4) is 5.75 Å². The quantitative estimate of drug-likeness (QED) is 0.605. The van der Waals surface area contributed by atoms with E-state index in [0.717, 1.165) is 0 Å². The Morgan fingerprint density at radius 3 is 1.80 bits per heavy atom. The van der Waals surface area contributed by atoms with Gasteiger partial charge in [0.05, 0.1) is 0 Å². The number of aromatic hydroxyl groups is 1. The molecule has 0 spiro atoms. The van der Waals surface area contributed by atoms with Gasteiger partial charge in [-0.15, -0.1) is 0 Å². The molecule has 2 aromatic carbocycles. The smallest absolute Gasteiger partial charge is 0.158 e. The highest BCUT2D eigenvalue weighted by molar-refractivity contribution is 7.78. The molecule has 2 heteroatoms. The Balaban J connectivity index is 2.15. The van der Waals surface area contributed by atoms with Crippen molar-refractivity contribution in [1.82, 2.24) is 0 Å². The molecule has 2 aromatic rings. The normalized spacial score (nSPS) is 10.2. The van der Waals surface area contributed by atoms with Crippen LogP contribution in [-0.2, 0) is 11.8 Å². The first-order valence-electron chi connectivity index (χ1n) is 4.81. The highest BCUT2D eigenvalue weighted by Crippen LogP contribution is 2.16. The molecule has 0 fully saturated rings. The zero-order chi connectivity index (χ0) is 10.7. The van der Waals surface area contributed by atoms with Gasteiger partial charge in [-0.25, -0.2) is 0 Å². The molecule has 0 radical (unpaired) electrons. The average Bonchev–Trinajstić information content (AvgIpc) is 2.25. The molecule has 0 aromatic heterocycles. The Labute approximate surface area is 93.8 Å². The number of phenolic OH excluding ortho intramolecular Hbond substituents is 1. The van der Waals surface area contributed by atoms with E-state index in [4.69, 9.17) is 5.11 Å². The molecule has 2 rings (SSSR count). The van der Waals surface area contributed by atoms with Gasteiger partial charge in [-0.1, -0.05) is 17.7 Å². The van der Waals surface area contributed by atoms with Gasteiger partial charge in [0.2, 0.25) is 0 Å². The lowest BCUT2D eigenvalue weighted by atomic mass is 10.2. The summed E-state index contributed by atoms with van der Waals surface area (Å²) in [6, 6.07) is 15.8. The molecule has 0 aliphatic carbocycles. The third-order valence-electron chi connectivity index (χ3n) is 2.14. The molecule has 1 nitrogen and oxygen atoms in total. The lowest BCUT2D eigenvalue weighted by molar-refractivity contribution is 0.475. The lowest BCUT2D eigenvalue weighted by Gasteiger charge is -1.94. The fraction of sp³-hybridized carbons (Fsp3) is 0.0769. The summed E-state index contributed by atoms with van der Waals surface area (Å²) in [7, 11) is 0. The second-order valence-electron chi connectivity index (χ2n) is 3.46. The van der Waals surface area contributed by atoms with E-state index >= 15 is 0 Å². The van der Waals surface area contributed by atoms with Gasteiger partial charge in [0.1, 0.15) is 5.75 Å². The third kappa shape index (κ3) is 2.77. The number of rotatable bonds is 2. The van der Waals surface area contributed by atoms with Gasteiger partial charge in [-0.05, 0) is 43.3 Å². The van der Waals surface area contributed by atoms with Crippen LogP contribution in [0.25, 0.3) is 0 Å². The molecule has 0 unspecified atom stereocenters. The molecule has 0 atom stereocenters. The van der Waals surface area contributed by atoms with Gasteiger partial charge in [0, 0.05) is 11.8 Å². The molecule has 0 amide bonds. The molecule has 0 bridgehead atoms. The number of phenols is 1. The van der Waals surface area contributed by atoms with Crippen molar-refractivity contribution in [2.24, 2.45) is 0 Å². The minimum Gasteiger partial charge on any atom is -0.508 e. The van der Waals surface area contributed by atoms with Crippen LogP contribution in [-0.4, -0.2) is 5.11 Å². The summed E-state index contributed by atoms with van der Waals surface area (Å²) >= 11 is 1.18. The summed E-state index contributed by atoms with van der Waals surface area (Å²) in [5.74, 6) is 0.317. The molecule has 0 heterocycles. The van der Waals surface area contributed by atoms with E-state index in [-0.39, 0.29) is 0 Å². The van der Waals surface area contributed by atoms with Gasteiger partial charge in [0.25, 0.3) is 0 Å². The highest BCUT2D eigenvalue weighted by Gasteiger charge is 2.05. The van der Waals surface area contributed by atoms with Crippen molar-refractivity contribution in [2.75, 3.05) is 0 Å². The first-order valence-corrected chi connectivity index (χ1v) is 5.71. The van der Waals surface area contributed by atoms with Crippen LogP contribution >= 0.6 is 0 Å². The first-order chi connectivity index (χ1) is 7.24. The summed E-state index contributed by atoms with van der Waals surface area (Å²) in [5, 5.41) is 9.16. The number of aryl methyl sites for hydroxylation is 1. The molecule has 0 saturated heterocycles. The SMILES string of the molecule is Cc1ccc([SH+]c2ccc(O)cc2)cc1. The maximum atomic E-state index is 9.16. The Hall–Kier alpha value is -1.41. The van der Waals surface area contributed by atoms with Crippen LogP contribution in [0.5, 0.6) is 5.75 Å². The molecule has 15 heavy (non-hydrogen) atoms. The second kappa shape index (κ2) is 4.41. The van der Waals surface area contributed by atoms with Crippen LogP contribution in [0.15, 0.2) is 58.3 Å². The van der Waals surface area contributed by atoms with Crippen molar-refractivity contribution in [1.29, 1.82) is 0 Å². The van der Waals surface area contributed by atoms with Crippen molar-refractivity contribution >= 4 is 11.8 Å². The van der Waals surface area contributed by atoms with Gasteiger partial charge in [-0.3, -0.25) is 0 Å². The number of hydrogen-bond acceptors (Lipinski definition) is 1. The largest absolute Gasteiger partial charge is 0.508 e. The van der Waals surface area contributed by atoms with E-state index in [1.807, 2.05) is 12.1 Å². The van der Waals surface area contributed by atoms with Crippen LogP contribution in [0.1, 0.15) is 5.56 Å². The van der Waals surface area contributed by atoms with E-state index in [1.165, 1.54) is 27.1 Å². The topological polar surface area (TPSA) is 20.2 Å². The van der Waals surface area contributed by atoms with Crippen LogP contribution in [0.3, 0.4) is 0 Å². The summed E-state index contributed by atoms with van der Waals surface area (Å²) < 4.78 is 0. The van der Waals surface area contributed by atoms with E-state index < -0.39 is 0 Å². The molecule has 76 valence electrons. The fourth-order valence-corrected chi connectivity index (χ4v) is 2.19. The van der Waals surface area contributed by atoms with Gasteiger partial charge < -0.3 is 5.11 Å². The molecule has 0 aliphatic heterocycles. The number of thiol groups is 1. The molecule has 0 saturated carbocycles. The summed E-state index contributed by atoms with van der Waals surface area (Å²) in [6.07, 6.45) is 0. The van der Waals surface area contributed by atoms with Gasteiger partial charge >= 0.3 is 0 Å². The average molecular weight is 217 g/mol. The summed E-state index contributed by atoms with van der Waals surface area (Å²) in [5.41, 5.74) is 1.28. The Bertz CT molecular complexity index is 388. The maximum absolute atomic E-state index is 9.16. The maximum Gasteiger partial charge on any atom is 0.158 e. The van der Waals surface area contributed by atoms with E-state index in [2.05, 4.69) is 31.2 Å². The predicted molar refractivity (Wildman–Crippen MR) is 64.6 cm³/mol. The van der Waals surface area contributed by atoms with Crippen LogP contribution in [0, 0.1) is 6.92 Å². The van der Waals surface area contributed by atoms with E-state index in [0.29, 0.717) is 5.75 Å². The second-order valence-corrected chi connectivity index (χ2v) is 4.72. The summed E-state index contributed by atoms with van der Waals surface area (Å²) in [4.78, 5) is 2.46. The zero-order valence-electron chi connectivity index (χ0n) is 8.51. The van der Waals surface area contributed by atoms with Crippen molar-refractivity contribution < 1.29 is 5.11 Å². The fourth-order valence-electron chi connectivity index (χ4n) is 1.30. The Kier molecular flexibility index (Phi) is 2.97. The lowest BCUT2D eigenvalue weighted by Crippen LogP contribution is -1.84. The third-order valence-corrected chi connectivity index (χ3v) is 3.25. The molecule has 1 N–H and O–H groups in total. The molecular weight excluding hydrogens is 204 g/mol. The standard InChI is InChI=1S/C13H12OS/c1-10-2-6-12(7-3-10)15-13-8-4-11(14)5-9-13/h2-9,14H,1H3/p+1. The van der Waals surface area contributed by atoms with Gasteiger partial charge in [0.15, 0.2) is 9.79 Å². The minimum absolute atomic E-state index is 0.317.